The number of nitrogens with zero attached hydrogens (tertiary/aromatic N) is 1. The van der Waals surface area contributed by atoms with Crippen molar-refractivity contribution in [3.05, 3.63) is 58.7 Å². The van der Waals surface area contributed by atoms with E-state index >= 15 is 0 Å². The van der Waals surface area contributed by atoms with Gasteiger partial charge < -0.3 is 10.1 Å². The van der Waals surface area contributed by atoms with Crippen LogP contribution in [0.5, 0.6) is 5.75 Å². The summed E-state index contributed by atoms with van der Waals surface area (Å²) in [6, 6.07) is 7.37. The molecule has 0 unspecified atom stereocenters. The summed E-state index contributed by atoms with van der Waals surface area (Å²) in [5.41, 5.74) is 0.990. The Bertz CT molecular complexity index is 822. The molecule has 2 N–H and O–H groups in total. The van der Waals surface area contributed by atoms with Crippen LogP contribution in [0, 0.1) is 6.92 Å². The smallest absolute Gasteiger partial charge is 0.416 e. The minimum absolute atomic E-state index is 0.0230. The number of hydroxylamine groups is 1. The molecule has 0 bridgehead atoms. The number of urea groups is 1. The van der Waals surface area contributed by atoms with E-state index in [1.165, 1.54) is 7.05 Å². The first-order chi connectivity index (χ1) is 12.7. The van der Waals surface area contributed by atoms with Gasteiger partial charge in [-0.15, -0.1) is 0 Å². The van der Waals surface area contributed by atoms with E-state index in [4.69, 9.17) is 4.74 Å². The molecule has 0 radical (unpaired) electrons. The molecule has 2 rings (SSSR count). The Balaban J connectivity index is 2.35. The first-order valence-corrected chi connectivity index (χ1v) is 8.30. The van der Waals surface area contributed by atoms with Gasteiger partial charge in [-0.25, -0.2) is 4.79 Å². The van der Waals surface area contributed by atoms with Gasteiger partial charge in [-0.1, -0.05) is 19.1 Å². The van der Waals surface area contributed by atoms with Crippen LogP contribution in [0.15, 0.2) is 36.4 Å². The van der Waals surface area contributed by atoms with Gasteiger partial charge in [-0.05, 0) is 48.7 Å². The van der Waals surface area contributed by atoms with Crippen molar-refractivity contribution in [3.63, 3.8) is 0 Å². The third kappa shape index (κ3) is 4.91. The van der Waals surface area contributed by atoms with Crippen molar-refractivity contribution in [3.8, 4) is 5.75 Å². The molecule has 2 amide bonds. The highest BCUT2D eigenvalue weighted by molar-refractivity contribution is 5.90. The number of amides is 2. The van der Waals surface area contributed by atoms with E-state index in [2.05, 4.69) is 5.32 Å². The van der Waals surface area contributed by atoms with E-state index < -0.39 is 17.8 Å². The molecule has 0 aliphatic rings. The molecule has 0 aliphatic carbocycles. The molecule has 0 aromatic heterocycles. The van der Waals surface area contributed by atoms with Crippen LogP contribution in [0.1, 0.15) is 29.2 Å². The van der Waals surface area contributed by atoms with Crippen LogP contribution in [0.25, 0.3) is 0 Å². The first kappa shape index (κ1) is 20.6. The average Bonchev–Trinajstić information content (AvgIpc) is 2.64. The van der Waals surface area contributed by atoms with Gasteiger partial charge >= 0.3 is 12.2 Å². The molecule has 0 spiro atoms. The normalized spacial score (nSPS) is 11.2. The molecule has 0 saturated heterocycles. The second kappa shape index (κ2) is 8.30. The Hall–Kier alpha value is -2.74. The van der Waals surface area contributed by atoms with Gasteiger partial charge in [-0.2, -0.15) is 18.2 Å². The summed E-state index contributed by atoms with van der Waals surface area (Å²) >= 11 is 0. The fraction of sp³-hybridized carbons (Fsp3) is 0.316. The number of carbonyl (C=O) groups is 1. The predicted molar refractivity (Wildman–Crippen MR) is 95.1 cm³/mol. The van der Waals surface area contributed by atoms with Crippen molar-refractivity contribution in [2.45, 2.75) is 33.1 Å². The number of benzene rings is 2. The number of rotatable bonds is 5. The zero-order valence-electron chi connectivity index (χ0n) is 15.2. The van der Waals surface area contributed by atoms with Gasteiger partial charge in [0.2, 0.25) is 0 Å². The summed E-state index contributed by atoms with van der Waals surface area (Å²) in [5.74, 6) is 0.514. The fourth-order valence-electron chi connectivity index (χ4n) is 2.55. The van der Waals surface area contributed by atoms with Crippen molar-refractivity contribution < 1.29 is 27.9 Å². The second-order valence-electron chi connectivity index (χ2n) is 5.95. The molecule has 5 nitrogen and oxygen atoms in total. The van der Waals surface area contributed by atoms with Crippen LogP contribution in [-0.2, 0) is 19.2 Å². The van der Waals surface area contributed by atoms with Crippen LogP contribution in [-0.4, -0.2) is 18.3 Å². The Labute approximate surface area is 155 Å². The van der Waals surface area contributed by atoms with Gasteiger partial charge in [-0.3, -0.25) is 5.21 Å². The predicted octanol–water partition coefficient (Wildman–Crippen LogP) is 4.69. The van der Waals surface area contributed by atoms with E-state index in [0.717, 1.165) is 35.7 Å². The lowest BCUT2D eigenvalue weighted by molar-refractivity contribution is -0.137. The highest BCUT2D eigenvalue weighted by Crippen LogP contribution is 2.33. The van der Waals surface area contributed by atoms with Crippen LogP contribution in [0.4, 0.5) is 23.7 Å². The number of hydrogen-bond donors (Lipinski definition) is 2. The minimum atomic E-state index is -4.56. The number of hydrogen-bond acceptors (Lipinski definition) is 3. The maximum absolute atomic E-state index is 13.0. The standard InChI is InChI=1S/C19H21F3N2O3/c1-4-13-5-8-17(12(2)9-13)27-11-14-10-15(19(20,21)22)6-7-16(14)24(26)18(25)23-3/h5-10,26H,4,11H2,1-3H3,(H,23,25). The van der Waals surface area contributed by atoms with Crippen LogP contribution >= 0.6 is 0 Å². The highest BCUT2D eigenvalue weighted by Gasteiger charge is 2.32. The molecular weight excluding hydrogens is 361 g/mol. The molecule has 0 saturated carbocycles. The van der Waals surface area contributed by atoms with Gasteiger partial charge in [0.15, 0.2) is 0 Å². The van der Waals surface area contributed by atoms with Crippen LogP contribution in [0.3, 0.4) is 0 Å². The maximum Gasteiger partial charge on any atom is 0.416 e. The quantitative estimate of drug-likeness (QED) is 0.583. The maximum atomic E-state index is 13.0. The molecular formula is C19H21F3N2O3. The van der Waals surface area contributed by atoms with E-state index in [-0.39, 0.29) is 22.9 Å². The van der Waals surface area contributed by atoms with Crippen molar-refractivity contribution in [1.29, 1.82) is 0 Å². The molecule has 8 heteroatoms. The Morgan fingerprint density at radius 2 is 1.93 bits per heavy atom. The van der Waals surface area contributed by atoms with Gasteiger partial charge in [0.25, 0.3) is 0 Å². The number of nitrogens with one attached hydrogen (secondary N) is 1. The third-order valence-corrected chi connectivity index (χ3v) is 4.07. The summed E-state index contributed by atoms with van der Waals surface area (Å²) in [5, 5.41) is 12.4. The summed E-state index contributed by atoms with van der Waals surface area (Å²) < 4.78 is 44.8. The number of aryl methyl sites for hydroxylation is 2. The molecule has 2 aromatic carbocycles. The second-order valence-corrected chi connectivity index (χ2v) is 5.95. The molecule has 0 atom stereocenters. The average molecular weight is 382 g/mol. The number of halogens is 3. The number of ether oxygens (including phenoxy) is 1. The highest BCUT2D eigenvalue weighted by atomic mass is 19.4. The summed E-state index contributed by atoms with van der Waals surface area (Å²) in [7, 11) is 1.30. The van der Waals surface area contributed by atoms with Gasteiger partial charge in [0.1, 0.15) is 12.4 Å². The SMILES string of the molecule is CCc1ccc(OCc2cc(C(F)(F)F)ccc2N(O)C(=O)NC)c(C)c1. The monoisotopic (exact) mass is 382 g/mol. The van der Waals surface area contributed by atoms with Crippen molar-refractivity contribution in [2.24, 2.45) is 0 Å². The Morgan fingerprint density at radius 3 is 2.48 bits per heavy atom. The summed E-state index contributed by atoms with van der Waals surface area (Å²) in [4.78, 5) is 11.6. The lowest BCUT2D eigenvalue weighted by atomic mass is 10.1. The lowest BCUT2D eigenvalue weighted by Crippen LogP contribution is -2.36. The number of carbonyl (C=O) groups excluding carboxylic acids is 1. The molecule has 0 fully saturated rings. The molecule has 0 heterocycles. The van der Waals surface area contributed by atoms with Crippen molar-refractivity contribution >= 4 is 11.7 Å². The fourth-order valence-corrected chi connectivity index (χ4v) is 2.55. The lowest BCUT2D eigenvalue weighted by Gasteiger charge is -2.20. The molecule has 146 valence electrons. The first-order valence-electron chi connectivity index (χ1n) is 8.30. The van der Waals surface area contributed by atoms with E-state index in [0.29, 0.717) is 5.75 Å². The number of anilines is 1. The van der Waals surface area contributed by atoms with E-state index in [1.807, 2.05) is 26.0 Å². The van der Waals surface area contributed by atoms with E-state index in [1.54, 1.807) is 6.07 Å². The van der Waals surface area contributed by atoms with Crippen LogP contribution < -0.4 is 15.1 Å². The molecule has 27 heavy (non-hydrogen) atoms. The zero-order chi connectivity index (χ0) is 20.2. The Kier molecular flexibility index (Phi) is 6.32. The topological polar surface area (TPSA) is 61.8 Å². The largest absolute Gasteiger partial charge is 0.489 e. The molecule has 0 aliphatic heterocycles. The zero-order valence-corrected chi connectivity index (χ0v) is 15.2. The van der Waals surface area contributed by atoms with Gasteiger partial charge in [0, 0.05) is 12.6 Å². The van der Waals surface area contributed by atoms with Crippen LogP contribution in [0.2, 0.25) is 0 Å². The van der Waals surface area contributed by atoms with Gasteiger partial charge in [0.05, 0.1) is 11.3 Å². The summed E-state index contributed by atoms with van der Waals surface area (Å²) in [6.07, 6.45) is -3.70. The number of alkyl halides is 3. The van der Waals surface area contributed by atoms with E-state index in [9.17, 15) is 23.2 Å². The minimum Gasteiger partial charge on any atom is -0.489 e. The summed E-state index contributed by atoms with van der Waals surface area (Å²) in [6.45, 7) is 3.60. The van der Waals surface area contributed by atoms with Crippen molar-refractivity contribution in [2.75, 3.05) is 12.1 Å². The molecule has 2 aromatic rings. The Morgan fingerprint density at radius 1 is 1.22 bits per heavy atom. The van der Waals surface area contributed by atoms with Crippen molar-refractivity contribution in [1.82, 2.24) is 5.32 Å². The third-order valence-electron chi connectivity index (χ3n) is 4.07.